The highest BCUT2D eigenvalue weighted by Gasteiger charge is 2.31. The van der Waals surface area contributed by atoms with E-state index in [4.69, 9.17) is 4.42 Å². The van der Waals surface area contributed by atoms with Crippen LogP contribution in [0.1, 0.15) is 22.9 Å². The van der Waals surface area contributed by atoms with Crippen LogP contribution in [0.5, 0.6) is 0 Å². The van der Waals surface area contributed by atoms with E-state index in [9.17, 15) is 22.8 Å². The molecule has 1 unspecified atom stereocenters. The van der Waals surface area contributed by atoms with Crippen LogP contribution in [0.15, 0.2) is 76.3 Å². The quantitative estimate of drug-likeness (QED) is 0.743. The molecule has 3 aromatic rings. The summed E-state index contributed by atoms with van der Waals surface area (Å²) < 4.78 is 44.6. The number of pyridine rings is 1. The fraction of sp³-hybridized carbons (Fsp3) is 0.158. The summed E-state index contributed by atoms with van der Waals surface area (Å²) in [6.45, 7) is -0.549. The maximum Gasteiger partial charge on any atom is 0.417 e. The molecule has 140 valence electrons. The number of carbonyl (C=O) groups is 1. The first-order chi connectivity index (χ1) is 12.8. The lowest BCUT2D eigenvalue weighted by Gasteiger charge is -2.18. The molecule has 3 rings (SSSR count). The van der Waals surface area contributed by atoms with Crippen LogP contribution in [0.3, 0.4) is 0 Å². The Kier molecular flexibility index (Phi) is 5.16. The SMILES string of the molecule is O=C(Cn1cc(C(F)(F)F)ccc1=O)NC(c1ccccc1)c1ccco1. The van der Waals surface area contributed by atoms with Crippen molar-refractivity contribution >= 4 is 5.91 Å². The summed E-state index contributed by atoms with van der Waals surface area (Å²) in [6, 6.07) is 13.1. The number of halogens is 3. The molecule has 1 amide bonds. The third-order valence-corrected chi connectivity index (χ3v) is 3.89. The van der Waals surface area contributed by atoms with E-state index >= 15 is 0 Å². The highest BCUT2D eigenvalue weighted by Crippen LogP contribution is 2.28. The Hall–Kier alpha value is -3.29. The second-order valence-electron chi connectivity index (χ2n) is 5.81. The topological polar surface area (TPSA) is 64.2 Å². The molecular weight excluding hydrogens is 361 g/mol. The molecule has 0 aliphatic carbocycles. The Morgan fingerprint density at radius 2 is 1.81 bits per heavy atom. The Bertz CT molecular complexity index is 964. The lowest BCUT2D eigenvalue weighted by Crippen LogP contribution is -2.35. The van der Waals surface area contributed by atoms with Gasteiger partial charge in [0.1, 0.15) is 18.3 Å². The van der Waals surface area contributed by atoms with E-state index in [1.807, 2.05) is 6.07 Å². The molecule has 0 aliphatic heterocycles. The predicted molar refractivity (Wildman–Crippen MR) is 90.8 cm³/mol. The molecule has 5 nitrogen and oxygen atoms in total. The van der Waals surface area contributed by atoms with E-state index in [-0.39, 0.29) is 0 Å². The number of benzene rings is 1. The molecule has 1 N–H and O–H groups in total. The minimum atomic E-state index is -4.60. The summed E-state index contributed by atoms with van der Waals surface area (Å²) >= 11 is 0. The zero-order valence-electron chi connectivity index (χ0n) is 13.9. The van der Waals surface area contributed by atoms with Crippen LogP contribution in [-0.4, -0.2) is 10.5 Å². The van der Waals surface area contributed by atoms with Crippen LogP contribution < -0.4 is 10.9 Å². The van der Waals surface area contributed by atoms with E-state index in [1.165, 1.54) is 6.26 Å². The van der Waals surface area contributed by atoms with E-state index in [0.29, 0.717) is 18.0 Å². The van der Waals surface area contributed by atoms with Crippen molar-refractivity contribution in [1.82, 2.24) is 9.88 Å². The van der Waals surface area contributed by atoms with Crippen LogP contribution in [0.25, 0.3) is 0 Å². The summed E-state index contributed by atoms with van der Waals surface area (Å²) in [6.07, 6.45) is -2.52. The van der Waals surface area contributed by atoms with Crippen LogP contribution in [0.4, 0.5) is 13.2 Å². The molecule has 27 heavy (non-hydrogen) atoms. The molecule has 0 saturated heterocycles. The van der Waals surface area contributed by atoms with Gasteiger partial charge >= 0.3 is 6.18 Å². The van der Waals surface area contributed by atoms with Gasteiger partial charge in [0.2, 0.25) is 5.91 Å². The van der Waals surface area contributed by atoms with Gasteiger partial charge in [-0.05, 0) is 23.8 Å². The molecular formula is C19H15F3N2O3. The van der Waals surface area contributed by atoms with Gasteiger partial charge in [0, 0.05) is 12.3 Å². The molecule has 0 aliphatic rings. The molecule has 2 heterocycles. The minimum Gasteiger partial charge on any atom is -0.467 e. The second-order valence-corrected chi connectivity index (χ2v) is 5.81. The number of amides is 1. The normalized spacial score (nSPS) is 12.6. The summed E-state index contributed by atoms with van der Waals surface area (Å²) in [5, 5.41) is 2.70. The monoisotopic (exact) mass is 376 g/mol. The summed E-state index contributed by atoms with van der Waals surface area (Å²) in [4.78, 5) is 24.2. The lowest BCUT2D eigenvalue weighted by molar-refractivity contribution is -0.138. The maximum absolute atomic E-state index is 12.8. The number of alkyl halides is 3. The van der Waals surface area contributed by atoms with Crippen molar-refractivity contribution < 1.29 is 22.4 Å². The molecule has 0 saturated carbocycles. The highest BCUT2D eigenvalue weighted by molar-refractivity contribution is 5.76. The fourth-order valence-electron chi connectivity index (χ4n) is 2.60. The fourth-order valence-corrected chi connectivity index (χ4v) is 2.60. The number of rotatable bonds is 5. The van der Waals surface area contributed by atoms with Crippen molar-refractivity contribution in [3.05, 3.63) is 94.3 Å². The number of aromatic nitrogens is 1. The van der Waals surface area contributed by atoms with Crippen LogP contribution in [-0.2, 0) is 17.5 Å². The standard InChI is InChI=1S/C19H15F3N2O3/c20-19(21,22)14-8-9-17(26)24(11-14)12-16(25)23-18(15-7-4-10-27-15)13-5-2-1-3-6-13/h1-11,18H,12H2,(H,23,25). The summed E-state index contributed by atoms with van der Waals surface area (Å²) in [7, 11) is 0. The van der Waals surface area contributed by atoms with Gasteiger partial charge < -0.3 is 14.3 Å². The Morgan fingerprint density at radius 1 is 1.07 bits per heavy atom. The zero-order valence-corrected chi connectivity index (χ0v) is 13.9. The third-order valence-electron chi connectivity index (χ3n) is 3.89. The largest absolute Gasteiger partial charge is 0.467 e. The Morgan fingerprint density at radius 3 is 2.44 bits per heavy atom. The number of nitrogens with one attached hydrogen (secondary N) is 1. The molecule has 0 spiro atoms. The van der Waals surface area contributed by atoms with Gasteiger partial charge in [-0.25, -0.2) is 0 Å². The van der Waals surface area contributed by atoms with Crippen molar-refractivity contribution in [2.45, 2.75) is 18.8 Å². The van der Waals surface area contributed by atoms with Crippen molar-refractivity contribution in [1.29, 1.82) is 0 Å². The van der Waals surface area contributed by atoms with Gasteiger partial charge in [0.25, 0.3) is 5.56 Å². The van der Waals surface area contributed by atoms with Crippen LogP contribution in [0.2, 0.25) is 0 Å². The molecule has 0 bridgehead atoms. The average Bonchev–Trinajstić information content (AvgIpc) is 3.16. The third kappa shape index (κ3) is 4.46. The first-order valence-corrected chi connectivity index (χ1v) is 8.00. The van der Waals surface area contributed by atoms with Gasteiger partial charge in [-0.2, -0.15) is 13.2 Å². The average molecular weight is 376 g/mol. The van der Waals surface area contributed by atoms with Gasteiger partial charge in [0.05, 0.1) is 11.8 Å². The Balaban J connectivity index is 1.83. The van der Waals surface area contributed by atoms with E-state index in [0.717, 1.165) is 16.2 Å². The van der Waals surface area contributed by atoms with Crippen molar-refractivity contribution in [3.8, 4) is 0 Å². The van der Waals surface area contributed by atoms with Gasteiger partial charge in [-0.1, -0.05) is 30.3 Å². The number of furan rings is 1. The molecule has 1 aromatic carbocycles. The van der Waals surface area contributed by atoms with Crippen molar-refractivity contribution in [2.75, 3.05) is 0 Å². The maximum atomic E-state index is 12.8. The molecule has 1 atom stereocenters. The molecule has 8 heteroatoms. The molecule has 2 aromatic heterocycles. The van der Waals surface area contributed by atoms with Crippen molar-refractivity contribution in [2.24, 2.45) is 0 Å². The number of nitrogens with zero attached hydrogens (tertiary/aromatic N) is 1. The van der Waals surface area contributed by atoms with Gasteiger partial charge in [-0.15, -0.1) is 0 Å². The second kappa shape index (κ2) is 7.53. The van der Waals surface area contributed by atoms with E-state index in [1.54, 1.807) is 36.4 Å². The van der Waals surface area contributed by atoms with Crippen molar-refractivity contribution in [3.63, 3.8) is 0 Å². The summed E-state index contributed by atoms with van der Waals surface area (Å²) in [5.41, 5.74) is -0.967. The van der Waals surface area contributed by atoms with E-state index in [2.05, 4.69) is 5.32 Å². The number of hydrogen-bond acceptors (Lipinski definition) is 3. The molecule has 0 fully saturated rings. The van der Waals surface area contributed by atoms with Gasteiger partial charge in [-0.3, -0.25) is 9.59 Å². The highest BCUT2D eigenvalue weighted by atomic mass is 19.4. The number of hydrogen-bond donors (Lipinski definition) is 1. The predicted octanol–water partition coefficient (Wildman–Crippen LogP) is 3.37. The van der Waals surface area contributed by atoms with Crippen LogP contribution in [0, 0.1) is 0 Å². The zero-order chi connectivity index (χ0) is 19.4. The Labute approximate surface area is 152 Å². The first kappa shape index (κ1) is 18.5. The van der Waals surface area contributed by atoms with Gasteiger partial charge in [0.15, 0.2) is 0 Å². The first-order valence-electron chi connectivity index (χ1n) is 8.00. The lowest BCUT2D eigenvalue weighted by atomic mass is 10.0. The van der Waals surface area contributed by atoms with E-state index < -0.39 is 35.8 Å². The van der Waals surface area contributed by atoms with Crippen LogP contribution >= 0.6 is 0 Å². The molecule has 0 radical (unpaired) electrons. The smallest absolute Gasteiger partial charge is 0.417 e. The summed E-state index contributed by atoms with van der Waals surface area (Å²) in [5.74, 6) is -0.160. The minimum absolute atomic E-state index is 0.464. The number of carbonyl (C=O) groups excluding carboxylic acids is 1.